The third-order valence-corrected chi connectivity index (χ3v) is 5.20. The zero-order valence-electron chi connectivity index (χ0n) is 11.0. The van der Waals surface area contributed by atoms with Gasteiger partial charge in [0.1, 0.15) is 0 Å². The maximum absolute atomic E-state index is 12.3. The predicted octanol–water partition coefficient (Wildman–Crippen LogP) is 2.07. The molecule has 0 aromatic heterocycles. The van der Waals surface area contributed by atoms with E-state index in [-0.39, 0.29) is 17.2 Å². The average Bonchev–Trinajstić information content (AvgIpc) is 3.22. The summed E-state index contributed by atoms with van der Waals surface area (Å²) in [5.74, 6) is -0.185. The van der Waals surface area contributed by atoms with Gasteiger partial charge in [0, 0.05) is 10.5 Å². The van der Waals surface area contributed by atoms with Gasteiger partial charge >= 0.3 is 5.97 Å². The zero-order valence-corrected chi connectivity index (χ0v) is 13.4. The summed E-state index contributed by atoms with van der Waals surface area (Å²) in [6.45, 7) is 0. The Balaban J connectivity index is 2.14. The molecule has 7 heteroatoms. The average molecular weight is 362 g/mol. The molecule has 1 aliphatic rings. The van der Waals surface area contributed by atoms with Crippen molar-refractivity contribution >= 4 is 31.9 Å². The lowest BCUT2D eigenvalue weighted by atomic mass is 10.1. The Morgan fingerprint density at radius 1 is 1.50 bits per heavy atom. The van der Waals surface area contributed by atoms with Crippen molar-refractivity contribution in [2.45, 2.75) is 30.2 Å². The minimum absolute atomic E-state index is 0.0639. The van der Waals surface area contributed by atoms with Gasteiger partial charge in [0.05, 0.1) is 18.4 Å². The van der Waals surface area contributed by atoms with Crippen molar-refractivity contribution in [2.24, 2.45) is 5.92 Å². The third kappa shape index (κ3) is 4.04. The fourth-order valence-electron chi connectivity index (χ4n) is 1.97. The lowest BCUT2D eigenvalue weighted by Crippen LogP contribution is -2.38. The van der Waals surface area contributed by atoms with Gasteiger partial charge in [-0.3, -0.25) is 4.79 Å². The van der Waals surface area contributed by atoms with E-state index in [1.54, 1.807) is 12.1 Å². The molecule has 0 bridgehead atoms. The highest BCUT2D eigenvalue weighted by molar-refractivity contribution is 9.10. The number of sulfonamides is 1. The lowest BCUT2D eigenvalue weighted by Gasteiger charge is -2.17. The molecule has 0 spiro atoms. The van der Waals surface area contributed by atoms with Gasteiger partial charge in [0.2, 0.25) is 10.0 Å². The number of halogens is 1. The number of rotatable bonds is 6. The van der Waals surface area contributed by atoms with Gasteiger partial charge < -0.3 is 4.74 Å². The standard InChI is InChI=1S/C13H16BrNO4S/c1-19-13(16)8-12(9-5-6-9)15-20(17,18)11-4-2-3-10(14)7-11/h2-4,7,9,12,15H,5-6,8H2,1H3. The SMILES string of the molecule is COC(=O)CC(NS(=O)(=O)c1cccc(Br)c1)C1CC1. The fourth-order valence-corrected chi connectivity index (χ4v) is 3.87. The summed E-state index contributed by atoms with van der Waals surface area (Å²) in [6, 6.07) is 6.07. The number of hydrogen-bond donors (Lipinski definition) is 1. The number of hydrogen-bond acceptors (Lipinski definition) is 4. The molecule has 1 unspecified atom stereocenters. The van der Waals surface area contributed by atoms with Crippen molar-refractivity contribution in [3.05, 3.63) is 28.7 Å². The predicted molar refractivity (Wildman–Crippen MR) is 77.6 cm³/mol. The molecule has 20 heavy (non-hydrogen) atoms. The highest BCUT2D eigenvalue weighted by Crippen LogP contribution is 2.35. The molecule has 0 amide bonds. The second-order valence-corrected chi connectivity index (χ2v) is 7.43. The Bertz CT molecular complexity index is 598. The van der Waals surface area contributed by atoms with Crippen LogP contribution in [-0.4, -0.2) is 27.5 Å². The summed E-state index contributed by atoms with van der Waals surface area (Å²) in [6.07, 6.45) is 1.93. The Labute approximate surface area is 126 Å². The molecule has 1 N–H and O–H groups in total. The summed E-state index contributed by atoms with van der Waals surface area (Å²) in [4.78, 5) is 11.5. The van der Waals surface area contributed by atoms with Crippen LogP contribution >= 0.6 is 15.9 Å². The number of ether oxygens (including phenoxy) is 1. The van der Waals surface area contributed by atoms with E-state index in [0.29, 0.717) is 4.47 Å². The first-order valence-electron chi connectivity index (χ1n) is 6.27. The fraction of sp³-hybridized carbons (Fsp3) is 0.462. The number of carbonyl (C=O) groups excluding carboxylic acids is 1. The van der Waals surface area contributed by atoms with Crippen molar-refractivity contribution in [2.75, 3.05) is 7.11 Å². The maximum Gasteiger partial charge on any atom is 0.307 e. The van der Waals surface area contributed by atoms with E-state index in [1.807, 2.05) is 0 Å². The Morgan fingerprint density at radius 3 is 2.75 bits per heavy atom. The number of benzene rings is 1. The minimum Gasteiger partial charge on any atom is -0.469 e. The largest absolute Gasteiger partial charge is 0.469 e. The first-order valence-corrected chi connectivity index (χ1v) is 8.54. The molecule has 1 saturated carbocycles. The quantitative estimate of drug-likeness (QED) is 0.787. The topological polar surface area (TPSA) is 72.5 Å². The molecule has 1 aromatic carbocycles. The molecule has 0 radical (unpaired) electrons. The van der Waals surface area contributed by atoms with E-state index in [4.69, 9.17) is 0 Å². The van der Waals surface area contributed by atoms with Crippen LogP contribution in [0.1, 0.15) is 19.3 Å². The van der Waals surface area contributed by atoms with Crippen molar-refractivity contribution < 1.29 is 17.9 Å². The van der Waals surface area contributed by atoms with E-state index >= 15 is 0 Å². The van der Waals surface area contributed by atoms with Gasteiger partial charge in [-0.05, 0) is 37.0 Å². The van der Waals surface area contributed by atoms with Gasteiger partial charge in [0.15, 0.2) is 0 Å². The smallest absolute Gasteiger partial charge is 0.307 e. The minimum atomic E-state index is -3.63. The lowest BCUT2D eigenvalue weighted by molar-refractivity contribution is -0.141. The van der Waals surface area contributed by atoms with E-state index in [0.717, 1.165) is 12.8 Å². The van der Waals surface area contributed by atoms with Gasteiger partial charge in [-0.15, -0.1) is 0 Å². The molecule has 0 aliphatic heterocycles. The molecule has 1 aromatic rings. The van der Waals surface area contributed by atoms with E-state index in [1.165, 1.54) is 19.2 Å². The van der Waals surface area contributed by atoms with Crippen LogP contribution in [0.5, 0.6) is 0 Å². The van der Waals surface area contributed by atoms with E-state index < -0.39 is 22.0 Å². The summed E-state index contributed by atoms with van der Waals surface area (Å²) >= 11 is 3.25. The van der Waals surface area contributed by atoms with Crippen molar-refractivity contribution in [3.63, 3.8) is 0 Å². The summed E-state index contributed by atoms with van der Waals surface area (Å²) in [7, 11) is -2.33. The molecule has 2 rings (SSSR count). The third-order valence-electron chi connectivity index (χ3n) is 3.22. The van der Waals surface area contributed by atoms with Crippen LogP contribution in [0.4, 0.5) is 0 Å². The molecule has 1 fully saturated rings. The molecule has 110 valence electrons. The van der Waals surface area contributed by atoms with Crippen LogP contribution in [0, 0.1) is 5.92 Å². The molecule has 1 aliphatic carbocycles. The second-order valence-electron chi connectivity index (χ2n) is 4.80. The number of carbonyl (C=O) groups is 1. The summed E-state index contributed by atoms with van der Waals surface area (Å²) in [5, 5.41) is 0. The van der Waals surface area contributed by atoms with Crippen LogP contribution in [-0.2, 0) is 19.6 Å². The van der Waals surface area contributed by atoms with Crippen LogP contribution in [0.2, 0.25) is 0 Å². The van der Waals surface area contributed by atoms with Gasteiger partial charge in [-0.1, -0.05) is 22.0 Å². The molecular formula is C13H16BrNO4S. The van der Waals surface area contributed by atoms with Crippen LogP contribution < -0.4 is 4.72 Å². The Hall–Kier alpha value is -0.920. The Morgan fingerprint density at radius 2 is 2.20 bits per heavy atom. The number of esters is 1. The molecule has 1 atom stereocenters. The van der Waals surface area contributed by atoms with Gasteiger partial charge in [-0.25, -0.2) is 13.1 Å². The van der Waals surface area contributed by atoms with Crippen molar-refractivity contribution in [3.8, 4) is 0 Å². The van der Waals surface area contributed by atoms with Gasteiger partial charge in [0.25, 0.3) is 0 Å². The van der Waals surface area contributed by atoms with Crippen molar-refractivity contribution in [1.29, 1.82) is 0 Å². The summed E-state index contributed by atoms with van der Waals surface area (Å²) < 4.78 is 32.5. The highest BCUT2D eigenvalue weighted by Gasteiger charge is 2.35. The van der Waals surface area contributed by atoms with E-state index in [9.17, 15) is 13.2 Å². The number of nitrogens with one attached hydrogen (secondary N) is 1. The Kier molecular flexibility index (Phi) is 4.82. The molecule has 0 heterocycles. The molecular weight excluding hydrogens is 346 g/mol. The van der Waals surface area contributed by atoms with Crippen LogP contribution in [0.15, 0.2) is 33.6 Å². The molecule has 5 nitrogen and oxygen atoms in total. The normalized spacial score (nSPS) is 16.7. The summed E-state index contributed by atoms with van der Waals surface area (Å²) in [5.41, 5.74) is 0. The number of methoxy groups -OCH3 is 1. The van der Waals surface area contributed by atoms with Gasteiger partial charge in [-0.2, -0.15) is 0 Å². The first-order chi connectivity index (χ1) is 9.42. The molecule has 0 saturated heterocycles. The monoisotopic (exact) mass is 361 g/mol. The van der Waals surface area contributed by atoms with E-state index in [2.05, 4.69) is 25.4 Å². The van der Waals surface area contributed by atoms with Crippen LogP contribution in [0.3, 0.4) is 0 Å². The van der Waals surface area contributed by atoms with Crippen LogP contribution in [0.25, 0.3) is 0 Å². The highest BCUT2D eigenvalue weighted by atomic mass is 79.9. The maximum atomic E-state index is 12.3. The van der Waals surface area contributed by atoms with Crippen molar-refractivity contribution in [1.82, 2.24) is 4.72 Å². The second kappa shape index (κ2) is 6.24. The first kappa shape index (κ1) is 15.5. The zero-order chi connectivity index (χ0) is 14.8.